The Balaban J connectivity index is 2.19. The molecule has 30 valence electrons. The number of hydrogen-bond acceptors (Lipinski definition) is 2. The first kappa shape index (κ1) is 5.18. The van der Waals surface area contributed by atoms with E-state index >= 15 is 0 Å². The first-order valence-electron chi connectivity index (χ1n) is 1.37. The molecule has 0 aliphatic heterocycles. The van der Waals surface area contributed by atoms with Crippen LogP contribution in [0.25, 0.3) is 0 Å². The largest absolute Gasteiger partial charge is 0.237 e. The fourth-order valence-corrected chi connectivity index (χ4v) is 0.224. The van der Waals surface area contributed by atoms with Crippen molar-refractivity contribution in [2.24, 2.45) is 0 Å². The second kappa shape index (κ2) is 4.18. The lowest BCUT2D eigenvalue weighted by molar-refractivity contribution is 0.285. The number of thiol groups is 1. The minimum Gasteiger partial charge on any atom is -0.199 e. The molecular formula is C3H7OS+. The van der Waals surface area contributed by atoms with Crippen LogP contribution in [0.15, 0.2) is 0 Å². The molecule has 0 N–H and O–H groups in total. The summed E-state index contributed by atoms with van der Waals surface area (Å²) in [5.74, 6) is 0.691. The van der Waals surface area contributed by atoms with Gasteiger partial charge in [0.15, 0.2) is 5.75 Å². The zero-order chi connectivity index (χ0) is 4.12. The average Bonchev–Trinajstić information content (AvgIpc) is 1.41. The van der Waals surface area contributed by atoms with Gasteiger partial charge in [0, 0.05) is 0 Å². The summed E-state index contributed by atoms with van der Waals surface area (Å²) in [7, 11) is 1.61. The van der Waals surface area contributed by atoms with Crippen LogP contribution < -0.4 is 0 Å². The van der Waals surface area contributed by atoms with Gasteiger partial charge in [0.25, 0.3) is 0 Å². The summed E-state index contributed by atoms with van der Waals surface area (Å²) in [6.07, 6.45) is 0. The van der Waals surface area contributed by atoms with Gasteiger partial charge in [-0.15, -0.1) is 12.6 Å². The van der Waals surface area contributed by atoms with Gasteiger partial charge in [0.1, 0.15) is 0 Å². The summed E-state index contributed by atoms with van der Waals surface area (Å²) in [6, 6.07) is 0. The van der Waals surface area contributed by atoms with E-state index in [2.05, 4.69) is 17.4 Å². The van der Waals surface area contributed by atoms with Crippen LogP contribution in [-0.2, 0) is 4.74 Å². The monoisotopic (exact) mass is 91.0 g/mol. The van der Waals surface area contributed by atoms with Crippen molar-refractivity contribution in [3.8, 4) is 0 Å². The van der Waals surface area contributed by atoms with Crippen molar-refractivity contribution in [2.75, 3.05) is 12.9 Å². The molecular weight excluding hydrogens is 84.1 g/mol. The smallest absolute Gasteiger partial charge is 0.199 e. The van der Waals surface area contributed by atoms with Gasteiger partial charge in [0.05, 0.1) is 7.11 Å². The Bertz CT molecular complexity index is 14.4. The molecule has 0 spiro atoms. The number of ether oxygens (including phenoxy) is 1. The van der Waals surface area contributed by atoms with Gasteiger partial charge >= 0.3 is 0 Å². The van der Waals surface area contributed by atoms with Crippen molar-refractivity contribution in [2.45, 2.75) is 0 Å². The van der Waals surface area contributed by atoms with Crippen molar-refractivity contribution in [3.05, 3.63) is 6.61 Å². The predicted octanol–water partition coefficient (Wildman–Crippen LogP) is 0.724. The second-order valence-corrected chi connectivity index (χ2v) is 0.950. The van der Waals surface area contributed by atoms with Gasteiger partial charge in [-0.05, 0) is 0 Å². The molecule has 0 fully saturated rings. The molecule has 0 heterocycles. The van der Waals surface area contributed by atoms with E-state index in [4.69, 9.17) is 0 Å². The fraction of sp³-hybridized carbons (Fsp3) is 0.667. The fourth-order valence-electron chi connectivity index (χ4n) is 0.0745. The van der Waals surface area contributed by atoms with E-state index < -0.39 is 0 Å². The van der Waals surface area contributed by atoms with Crippen LogP contribution >= 0.6 is 12.6 Å². The Hall–Kier alpha value is 0.180. The highest BCUT2D eigenvalue weighted by Gasteiger charge is 1.82. The topological polar surface area (TPSA) is 9.23 Å². The standard InChI is InChI=1S/C3H6OS/c1-4-2-3-5/h2H,3H2,1H3/p+1. The molecule has 0 aliphatic carbocycles. The number of methoxy groups -OCH3 is 1. The van der Waals surface area contributed by atoms with E-state index in [1.54, 1.807) is 13.7 Å². The van der Waals surface area contributed by atoms with Gasteiger partial charge in [-0.2, -0.15) is 4.74 Å². The SMILES string of the molecule is CO[CH+]CS. The molecule has 0 radical (unpaired) electrons. The van der Waals surface area contributed by atoms with Crippen molar-refractivity contribution in [3.63, 3.8) is 0 Å². The summed E-state index contributed by atoms with van der Waals surface area (Å²) >= 11 is 3.82. The lowest BCUT2D eigenvalue weighted by Gasteiger charge is -1.68. The van der Waals surface area contributed by atoms with Gasteiger partial charge in [0.2, 0.25) is 6.61 Å². The molecule has 0 rings (SSSR count). The molecule has 0 atom stereocenters. The summed E-state index contributed by atoms with van der Waals surface area (Å²) in [4.78, 5) is 0. The van der Waals surface area contributed by atoms with Gasteiger partial charge < -0.3 is 0 Å². The molecule has 0 aromatic heterocycles. The molecule has 0 unspecified atom stereocenters. The highest BCUT2D eigenvalue weighted by molar-refractivity contribution is 7.80. The van der Waals surface area contributed by atoms with Gasteiger partial charge in [-0.1, -0.05) is 0 Å². The quantitative estimate of drug-likeness (QED) is 0.389. The zero-order valence-corrected chi connectivity index (χ0v) is 4.03. The maximum Gasteiger partial charge on any atom is 0.237 e. The summed E-state index contributed by atoms with van der Waals surface area (Å²) in [5, 5.41) is 0. The minimum absolute atomic E-state index is 0.691. The van der Waals surface area contributed by atoms with E-state index in [0.29, 0.717) is 5.75 Å². The zero-order valence-electron chi connectivity index (χ0n) is 3.14. The van der Waals surface area contributed by atoms with E-state index in [-0.39, 0.29) is 0 Å². The summed E-state index contributed by atoms with van der Waals surface area (Å²) in [5.41, 5.74) is 0. The van der Waals surface area contributed by atoms with Crippen LogP contribution in [0.2, 0.25) is 0 Å². The molecule has 5 heavy (non-hydrogen) atoms. The van der Waals surface area contributed by atoms with Crippen molar-refractivity contribution < 1.29 is 4.74 Å². The van der Waals surface area contributed by atoms with E-state index in [9.17, 15) is 0 Å². The number of rotatable bonds is 2. The molecule has 0 aromatic carbocycles. The predicted molar refractivity (Wildman–Crippen MR) is 25.2 cm³/mol. The highest BCUT2D eigenvalue weighted by Crippen LogP contribution is 1.77. The summed E-state index contributed by atoms with van der Waals surface area (Å²) < 4.78 is 4.49. The molecule has 0 saturated heterocycles. The van der Waals surface area contributed by atoms with Crippen LogP contribution in [0, 0.1) is 6.61 Å². The third-order valence-corrected chi connectivity index (χ3v) is 0.390. The van der Waals surface area contributed by atoms with Crippen molar-refractivity contribution in [1.82, 2.24) is 0 Å². The lowest BCUT2D eigenvalue weighted by atomic mass is 10.9. The Morgan fingerprint density at radius 3 is 2.60 bits per heavy atom. The van der Waals surface area contributed by atoms with Crippen LogP contribution in [0.3, 0.4) is 0 Å². The van der Waals surface area contributed by atoms with E-state index in [0.717, 1.165) is 0 Å². The van der Waals surface area contributed by atoms with Crippen LogP contribution in [0.1, 0.15) is 0 Å². The van der Waals surface area contributed by atoms with Gasteiger partial charge in [-0.3, -0.25) is 0 Å². The first-order valence-corrected chi connectivity index (χ1v) is 2.00. The highest BCUT2D eigenvalue weighted by atomic mass is 32.1. The third kappa shape index (κ3) is 4.18. The summed E-state index contributed by atoms with van der Waals surface area (Å²) in [6.45, 7) is 1.61. The number of hydrogen-bond donors (Lipinski definition) is 1. The Morgan fingerprint density at radius 1 is 2.00 bits per heavy atom. The van der Waals surface area contributed by atoms with E-state index in [1.807, 2.05) is 0 Å². The minimum atomic E-state index is 0.691. The molecule has 0 saturated carbocycles. The Kier molecular flexibility index (Phi) is 4.33. The van der Waals surface area contributed by atoms with Crippen molar-refractivity contribution >= 4 is 12.6 Å². The van der Waals surface area contributed by atoms with Crippen molar-refractivity contribution in [1.29, 1.82) is 0 Å². The lowest BCUT2D eigenvalue weighted by Crippen LogP contribution is -1.76. The van der Waals surface area contributed by atoms with Crippen LogP contribution in [-0.4, -0.2) is 12.9 Å². The maximum absolute atomic E-state index is 4.49. The Morgan fingerprint density at radius 2 is 2.60 bits per heavy atom. The molecule has 0 bridgehead atoms. The third-order valence-electron chi connectivity index (χ3n) is 0.241. The maximum atomic E-state index is 4.49. The Labute approximate surface area is 37.7 Å². The van der Waals surface area contributed by atoms with Crippen LogP contribution in [0.5, 0.6) is 0 Å². The van der Waals surface area contributed by atoms with Gasteiger partial charge in [-0.25, -0.2) is 0 Å². The molecule has 0 amide bonds. The molecule has 0 aliphatic rings. The van der Waals surface area contributed by atoms with E-state index in [1.165, 1.54) is 0 Å². The normalized spacial score (nSPS) is 7.60. The van der Waals surface area contributed by atoms with Crippen LogP contribution in [0.4, 0.5) is 0 Å². The first-order chi connectivity index (χ1) is 2.41. The molecule has 0 aromatic rings. The second-order valence-electron chi connectivity index (χ2n) is 0.585. The molecule has 2 heteroatoms. The molecule has 1 nitrogen and oxygen atoms in total. The average molecular weight is 91.2 g/mol.